The number of nitrogens with zero attached hydrogens (tertiary/aromatic N) is 2. The van der Waals surface area contributed by atoms with Crippen molar-refractivity contribution in [2.24, 2.45) is 23.7 Å². The van der Waals surface area contributed by atoms with Crippen LogP contribution in [0.3, 0.4) is 0 Å². The maximum Gasteiger partial charge on any atom is 0.246 e. The minimum Gasteiger partial charge on any atom is -0.359 e. The Balaban J connectivity index is 1.39. The van der Waals surface area contributed by atoms with Crippen LogP contribution >= 0.6 is 11.6 Å². The van der Waals surface area contributed by atoms with Crippen LogP contribution in [0.1, 0.15) is 59.3 Å². The maximum absolute atomic E-state index is 14.2. The van der Waals surface area contributed by atoms with Crippen molar-refractivity contribution in [2.45, 2.75) is 83.1 Å². The lowest BCUT2D eigenvalue weighted by molar-refractivity contribution is -0.141. The summed E-state index contributed by atoms with van der Waals surface area (Å²) in [7, 11) is 2.09. The Hall–Kier alpha value is -2.42. The lowest BCUT2D eigenvalue weighted by Gasteiger charge is -2.38. The molecule has 224 valence electrons. The average Bonchev–Trinajstić information content (AvgIpc) is 3.57. The van der Waals surface area contributed by atoms with Crippen molar-refractivity contribution in [1.82, 2.24) is 15.1 Å². The second-order valence-electron chi connectivity index (χ2n) is 12.6. The molecule has 4 aliphatic rings. The molecule has 0 radical (unpaired) electrons. The Morgan fingerprint density at radius 2 is 1.95 bits per heavy atom. The van der Waals surface area contributed by atoms with Crippen LogP contribution in [0.2, 0.25) is 5.02 Å². The van der Waals surface area contributed by atoms with Gasteiger partial charge in [0.05, 0.1) is 17.9 Å². The smallest absolute Gasteiger partial charge is 0.246 e. The molecule has 2 N–H and O–H groups in total. The summed E-state index contributed by atoms with van der Waals surface area (Å²) in [6.07, 6.45) is 9.34. The molecule has 1 aliphatic carbocycles. The van der Waals surface area contributed by atoms with Gasteiger partial charge in [0.2, 0.25) is 17.7 Å². The number of ether oxygens (including phenoxy) is 1. The summed E-state index contributed by atoms with van der Waals surface area (Å²) in [5.74, 6) is -1.25. The SMILES string of the molecule is CCCCN(C)CCCN1C(=O)[C@H]2[C@H](C(=O)Nc3cccc(Cl)c3)[C@H]3C=C[C@@]2(O3)[C@@H]1C(=O)N[C@@H]1CCC[C@@H](C)[C@@H]1C. The number of halogens is 1. The number of unbranched alkanes of at least 4 members (excludes halogenated alkanes) is 1. The fourth-order valence-electron chi connectivity index (χ4n) is 7.40. The van der Waals surface area contributed by atoms with Crippen molar-refractivity contribution < 1.29 is 19.1 Å². The predicted molar refractivity (Wildman–Crippen MR) is 160 cm³/mol. The van der Waals surface area contributed by atoms with Gasteiger partial charge in [-0.05, 0) is 69.4 Å². The van der Waals surface area contributed by atoms with E-state index in [1.807, 2.05) is 12.2 Å². The molecular formula is C32H45ClN4O4. The number of carbonyl (C=O) groups excluding carboxylic acids is 3. The molecule has 3 heterocycles. The molecule has 5 rings (SSSR count). The first-order valence-corrected chi connectivity index (χ1v) is 15.8. The monoisotopic (exact) mass is 584 g/mol. The molecule has 1 aromatic carbocycles. The second kappa shape index (κ2) is 12.4. The number of nitrogens with one attached hydrogen (secondary N) is 2. The molecule has 41 heavy (non-hydrogen) atoms. The van der Waals surface area contributed by atoms with E-state index < -0.39 is 29.6 Å². The van der Waals surface area contributed by atoms with Crippen molar-refractivity contribution in [2.75, 3.05) is 32.0 Å². The Labute approximate surface area is 249 Å². The van der Waals surface area contributed by atoms with Gasteiger partial charge in [0.15, 0.2) is 0 Å². The number of rotatable bonds is 11. The van der Waals surface area contributed by atoms with Crippen LogP contribution in [0.4, 0.5) is 5.69 Å². The molecule has 2 saturated heterocycles. The van der Waals surface area contributed by atoms with Crippen LogP contribution in [-0.4, -0.2) is 78.0 Å². The molecule has 1 aromatic rings. The van der Waals surface area contributed by atoms with E-state index in [0.717, 1.165) is 51.6 Å². The van der Waals surface area contributed by atoms with E-state index in [0.29, 0.717) is 29.1 Å². The van der Waals surface area contributed by atoms with Crippen LogP contribution in [0.15, 0.2) is 36.4 Å². The normalized spacial score (nSPS) is 33.9. The van der Waals surface area contributed by atoms with Crippen molar-refractivity contribution >= 4 is 35.0 Å². The van der Waals surface area contributed by atoms with Crippen LogP contribution in [0.25, 0.3) is 0 Å². The summed E-state index contributed by atoms with van der Waals surface area (Å²) in [6, 6.07) is 6.21. The molecule has 1 saturated carbocycles. The Morgan fingerprint density at radius 3 is 2.71 bits per heavy atom. The molecule has 1 spiro atoms. The quantitative estimate of drug-likeness (QED) is 0.374. The highest BCUT2D eigenvalue weighted by atomic mass is 35.5. The summed E-state index contributed by atoms with van der Waals surface area (Å²) in [4.78, 5) is 45.9. The fraction of sp³-hybridized carbons (Fsp3) is 0.656. The zero-order chi connectivity index (χ0) is 29.3. The number of anilines is 1. The lowest BCUT2D eigenvalue weighted by atomic mass is 9.73. The minimum absolute atomic E-state index is 0.0586. The zero-order valence-electron chi connectivity index (χ0n) is 24.8. The molecule has 3 fully saturated rings. The fourth-order valence-corrected chi connectivity index (χ4v) is 7.59. The van der Waals surface area contributed by atoms with Crippen LogP contribution < -0.4 is 10.6 Å². The number of likely N-dealkylation sites (tertiary alicyclic amines) is 1. The van der Waals surface area contributed by atoms with E-state index in [-0.39, 0.29) is 23.8 Å². The number of carbonyl (C=O) groups is 3. The summed E-state index contributed by atoms with van der Waals surface area (Å²) in [5.41, 5.74) is -0.588. The highest BCUT2D eigenvalue weighted by Crippen LogP contribution is 2.55. The van der Waals surface area contributed by atoms with Crippen molar-refractivity contribution in [3.05, 3.63) is 41.4 Å². The van der Waals surface area contributed by atoms with Gasteiger partial charge in [-0.15, -0.1) is 0 Å². The summed E-state index contributed by atoms with van der Waals surface area (Å²) < 4.78 is 6.50. The van der Waals surface area contributed by atoms with Gasteiger partial charge in [-0.2, -0.15) is 0 Å². The zero-order valence-corrected chi connectivity index (χ0v) is 25.5. The first kappa shape index (κ1) is 30.1. The Kier molecular flexibility index (Phi) is 9.12. The molecule has 0 unspecified atom stereocenters. The van der Waals surface area contributed by atoms with Gasteiger partial charge < -0.3 is 25.2 Å². The number of fused-ring (bicyclic) bond motifs is 1. The largest absolute Gasteiger partial charge is 0.359 e. The van der Waals surface area contributed by atoms with Gasteiger partial charge in [-0.1, -0.05) is 69.9 Å². The minimum atomic E-state index is -1.15. The van der Waals surface area contributed by atoms with E-state index in [1.165, 1.54) is 0 Å². The van der Waals surface area contributed by atoms with Crippen LogP contribution in [0.5, 0.6) is 0 Å². The van der Waals surface area contributed by atoms with E-state index in [2.05, 4.69) is 43.4 Å². The number of benzene rings is 1. The van der Waals surface area contributed by atoms with Gasteiger partial charge >= 0.3 is 0 Å². The summed E-state index contributed by atoms with van der Waals surface area (Å²) >= 11 is 6.14. The second-order valence-corrected chi connectivity index (χ2v) is 13.1. The standard InChI is InChI=1S/C32H45ClN4O4/c1-5-6-16-36(4)17-9-18-37-28(30(39)35-24-13-7-10-20(2)21(24)3)32-15-14-25(41-32)26(27(32)31(37)40)29(38)34-23-12-8-11-22(33)19-23/h8,11-12,14-15,19-21,24-28H,5-7,9-10,13,16-18H2,1-4H3,(H,34,38)(H,35,39)/t20-,21+,24-,25-,26-,27-,28+,32+/m1/s1. The van der Waals surface area contributed by atoms with E-state index in [9.17, 15) is 14.4 Å². The average molecular weight is 585 g/mol. The summed E-state index contributed by atoms with van der Waals surface area (Å²) in [5, 5.41) is 6.78. The Bertz CT molecular complexity index is 1180. The lowest BCUT2D eigenvalue weighted by Crippen LogP contribution is -2.58. The highest BCUT2D eigenvalue weighted by Gasteiger charge is 2.72. The molecule has 3 aliphatic heterocycles. The third kappa shape index (κ3) is 5.80. The summed E-state index contributed by atoms with van der Waals surface area (Å²) in [6.45, 7) is 8.88. The predicted octanol–water partition coefficient (Wildman–Crippen LogP) is 4.49. The van der Waals surface area contributed by atoms with Crippen LogP contribution in [0, 0.1) is 23.7 Å². The van der Waals surface area contributed by atoms with Gasteiger partial charge in [0.25, 0.3) is 0 Å². The van der Waals surface area contributed by atoms with E-state index in [1.54, 1.807) is 29.2 Å². The number of hydrogen-bond donors (Lipinski definition) is 2. The van der Waals surface area contributed by atoms with Crippen molar-refractivity contribution in [1.29, 1.82) is 0 Å². The molecule has 3 amide bonds. The van der Waals surface area contributed by atoms with Crippen LogP contribution in [-0.2, 0) is 19.1 Å². The van der Waals surface area contributed by atoms with Gasteiger partial charge in [0, 0.05) is 23.3 Å². The molecule has 8 nitrogen and oxygen atoms in total. The van der Waals surface area contributed by atoms with Crippen molar-refractivity contribution in [3.8, 4) is 0 Å². The first-order valence-electron chi connectivity index (χ1n) is 15.4. The topological polar surface area (TPSA) is 91.0 Å². The van der Waals surface area contributed by atoms with Crippen molar-refractivity contribution in [3.63, 3.8) is 0 Å². The van der Waals surface area contributed by atoms with Gasteiger partial charge in [-0.3, -0.25) is 14.4 Å². The first-order chi connectivity index (χ1) is 19.7. The maximum atomic E-state index is 14.2. The number of hydrogen-bond acceptors (Lipinski definition) is 5. The van der Waals surface area contributed by atoms with Gasteiger partial charge in [-0.25, -0.2) is 0 Å². The molecule has 9 heteroatoms. The highest BCUT2D eigenvalue weighted by molar-refractivity contribution is 6.30. The molecule has 8 atom stereocenters. The third-order valence-electron chi connectivity index (χ3n) is 9.88. The number of amides is 3. The Morgan fingerprint density at radius 1 is 1.17 bits per heavy atom. The molecule has 2 bridgehead atoms. The third-order valence-corrected chi connectivity index (χ3v) is 10.1. The molecule has 0 aromatic heterocycles. The van der Waals surface area contributed by atoms with Gasteiger partial charge in [0.1, 0.15) is 11.6 Å². The van der Waals surface area contributed by atoms with E-state index in [4.69, 9.17) is 16.3 Å². The molecular weight excluding hydrogens is 540 g/mol. The van der Waals surface area contributed by atoms with E-state index >= 15 is 0 Å².